The number of piperazine rings is 1. The Balaban J connectivity index is 1.49. The van der Waals surface area contributed by atoms with Gasteiger partial charge < -0.3 is 10.2 Å². The Kier molecular flexibility index (Phi) is 6.45. The predicted molar refractivity (Wildman–Crippen MR) is 115 cm³/mol. The van der Waals surface area contributed by atoms with E-state index in [1.165, 1.54) is 35.6 Å². The number of carbonyl (C=O) groups excluding carboxylic acids is 2. The van der Waals surface area contributed by atoms with Gasteiger partial charge in [-0.1, -0.05) is 61.7 Å². The van der Waals surface area contributed by atoms with Crippen LogP contribution < -0.4 is 5.32 Å². The summed E-state index contributed by atoms with van der Waals surface area (Å²) in [6.07, 6.45) is 6.08. The summed E-state index contributed by atoms with van der Waals surface area (Å²) >= 11 is 0. The fraction of sp³-hybridized carbons (Fsp3) is 0.500. The van der Waals surface area contributed by atoms with Gasteiger partial charge in [-0.05, 0) is 29.2 Å². The first-order valence-electron chi connectivity index (χ1n) is 11.0. The zero-order chi connectivity index (χ0) is 20.1. The summed E-state index contributed by atoms with van der Waals surface area (Å²) in [5, 5.41) is 5.39. The SMILES string of the molecule is O=C1NCCN(Cc2cccc3ccccc23)[C@@H]1CC(=O)N1CCCCCCC1. The number of likely N-dealkylation sites (tertiary alicyclic amines) is 1. The lowest BCUT2D eigenvalue weighted by Gasteiger charge is -2.36. The van der Waals surface area contributed by atoms with Gasteiger partial charge in [0.15, 0.2) is 0 Å². The van der Waals surface area contributed by atoms with Gasteiger partial charge in [-0.25, -0.2) is 0 Å². The summed E-state index contributed by atoms with van der Waals surface area (Å²) in [5.41, 5.74) is 1.21. The summed E-state index contributed by atoms with van der Waals surface area (Å²) in [7, 11) is 0. The van der Waals surface area contributed by atoms with Crippen molar-refractivity contribution in [2.24, 2.45) is 0 Å². The third kappa shape index (κ3) is 4.78. The highest BCUT2D eigenvalue weighted by Crippen LogP contribution is 2.23. The van der Waals surface area contributed by atoms with Crippen LogP contribution in [0.25, 0.3) is 10.8 Å². The van der Waals surface area contributed by atoms with E-state index in [0.717, 1.165) is 32.5 Å². The van der Waals surface area contributed by atoms with Crippen LogP contribution in [0.15, 0.2) is 42.5 Å². The number of nitrogens with one attached hydrogen (secondary N) is 1. The van der Waals surface area contributed by atoms with Crippen molar-refractivity contribution in [3.8, 4) is 0 Å². The van der Waals surface area contributed by atoms with Gasteiger partial charge in [-0.3, -0.25) is 14.5 Å². The maximum Gasteiger partial charge on any atom is 0.237 e. The number of benzene rings is 2. The molecule has 1 atom stereocenters. The molecular weight excluding hydrogens is 362 g/mol. The quantitative estimate of drug-likeness (QED) is 0.867. The molecule has 5 nitrogen and oxygen atoms in total. The minimum atomic E-state index is -0.388. The molecule has 2 aliphatic heterocycles. The van der Waals surface area contributed by atoms with Crippen LogP contribution in [0.2, 0.25) is 0 Å². The minimum Gasteiger partial charge on any atom is -0.353 e. The Labute approximate surface area is 173 Å². The molecule has 0 unspecified atom stereocenters. The van der Waals surface area contributed by atoms with E-state index in [2.05, 4.69) is 46.6 Å². The van der Waals surface area contributed by atoms with Crippen LogP contribution in [0.5, 0.6) is 0 Å². The minimum absolute atomic E-state index is 0.0168. The Morgan fingerprint density at radius 2 is 1.66 bits per heavy atom. The van der Waals surface area contributed by atoms with Crippen molar-refractivity contribution < 1.29 is 9.59 Å². The third-order valence-corrected chi connectivity index (χ3v) is 6.27. The Morgan fingerprint density at radius 1 is 0.931 bits per heavy atom. The lowest BCUT2D eigenvalue weighted by molar-refractivity contribution is -0.139. The average molecular weight is 394 g/mol. The van der Waals surface area contributed by atoms with Crippen molar-refractivity contribution in [2.75, 3.05) is 26.2 Å². The van der Waals surface area contributed by atoms with E-state index in [-0.39, 0.29) is 24.3 Å². The second-order valence-corrected chi connectivity index (χ2v) is 8.27. The zero-order valence-corrected chi connectivity index (χ0v) is 17.1. The van der Waals surface area contributed by atoms with Crippen LogP contribution >= 0.6 is 0 Å². The Morgan fingerprint density at radius 3 is 2.48 bits per heavy atom. The van der Waals surface area contributed by atoms with E-state index in [1.807, 2.05) is 11.0 Å². The number of amides is 2. The lowest BCUT2D eigenvalue weighted by Crippen LogP contribution is -2.56. The van der Waals surface area contributed by atoms with E-state index in [1.54, 1.807) is 0 Å². The van der Waals surface area contributed by atoms with Crippen LogP contribution in [0.1, 0.15) is 44.1 Å². The van der Waals surface area contributed by atoms with Crippen molar-refractivity contribution in [3.63, 3.8) is 0 Å². The van der Waals surface area contributed by atoms with E-state index in [9.17, 15) is 9.59 Å². The van der Waals surface area contributed by atoms with Crippen molar-refractivity contribution >= 4 is 22.6 Å². The highest BCUT2D eigenvalue weighted by atomic mass is 16.2. The Hall–Kier alpha value is -2.40. The molecule has 2 fully saturated rings. The van der Waals surface area contributed by atoms with E-state index in [4.69, 9.17) is 0 Å². The molecule has 0 radical (unpaired) electrons. The standard InChI is InChI=1S/C24H31N3O2/c28-23(26-14-6-2-1-3-7-15-26)17-22-24(29)25-13-16-27(22)18-20-11-8-10-19-9-4-5-12-21(19)20/h4-5,8-12,22H,1-3,6-7,13-18H2,(H,25,29)/t22-/m1/s1. The van der Waals surface area contributed by atoms with Gasteiger partial charge in [0.25, 0.3) is 0 Å². The highest BCUT2D eigenvalue weighted by molar-refractivity contribution is 5.89. The van der Waals surface area contributed by atoms with Crippen molar-refractivity contribution in [3.05, 3.63) is 48.0 Å². The summed E-state index contributed by atoms with van der Waals surface area (Å²) < 4.78 is 0. The summed E-state index contributed by atoms with van der Waals surface area (Å²) in [6.45, 7) is 3.75. The normalized spacial score (nSPS) is 21.4. The zero-order valence-electron chi connectivity index (χ0n) is 17.1. The molecule has 1 N–H and O–H groups in total. The fourth-order valence-corrected chi connectivity index (χ4v) is 4.61. The first kappa shape index (κ1) is 19.9. The van der Waals surface area contributed by atoms with Crippen LogP contribution in [0.4, 0.5) is 0 Å². The molecule has 2 aromatic carbocycles. The molecule has 0 spiro atoms. The van der Waals surface area contributed by atoms with Crippen LogP contribution in [0.3, 0.4) is 0 Å². The van der Waals surface area contributed by atoms with E-state index in [0.29, 0.717) is 13.1 Å². The first-order chi connectivity index (χ1) is 14.2. The molecule has 2 saturated heterocycles. The molecule has 0 aliphatic carbocycles. The maximum atomic E-state index is 13.0. The second-order valence-electron chi connectivity index (χ2n) is 8.27. The molecule has 0 saturated carbocycles. The molecule has 29 heavy (non-hydrogen) atoms. The highest BCUT2D eigenvalue weighted by Gasteiger charge is 2.33. The Bertz CT molecular complexity index is 853. The van der Waals surface area contributed by atoms with Gasteiger partial charge in [0.2, 0.25) is 11.8 Å². The van der Waals surface area contributed by atoms with Crippen LogP contribution in [-0.2, 0) is 16.1 Å². The molecule has 2 aliphatic rings. The molecule has 0 aromatic heterocycles. The van der Waals surface area contributed by atoms with E-state index < -0.39 is 0 Å². The number of fused-ring (bicyclic) bond motifs is 1. The van der Waals surface area contributed by atoms with Crippen LogP contribution in [0, 0.1) is 0 Å². The summed E-state index contributed by atoms with van der Waals surface area (Å²) in [5.74, 6) is 0.105. The smallest absolute Gasteiger partial charge is 0.237 e. The number of nitrogens with zero attached hydrogens (tertiary/aromatic N) is 2. The monoisotopic (exact) mass is 393 g/mol. The van der Waals surface area contributed by atoms with Crippen molar-refractivity contribution in [1.29, 1.82) is 0 Å². The average Bonchev–Trinajstić information content (AvgIpc) is 2.70. The number of rotatable bonds is 4. The van der Waals surface area contributed by atoms with Gasteiger partial charge in [-0.2, -0.15) is 0 Å². The third-order valence-electron chi connectivity index (χ3n) is 6.27. The van der Waals surface area contributed by atoms with Crippen LogP contribution in [-0.4, -0.2) is 53.8 Å². The number of hydrogen-bond acceptors (Lipinski definition) is 3. The predicted octanol–water partition coefficient (Wildman–Crippen LogP) is 3.32. The van der Waals surface area contributed by atoms with Gasteiger partial charge in [0, 0.05) is 32.7 Å². The van der Waals surface area contributed by atoms with Crippen molar-refractivity contribution in [1.82, 2.24) is 15.1 Å². The molecule has 2 aromatic rings. The van der Waals surface area contributed by atoms with Gasteiger partial charge in [-0.15, -0.1) is 0 Å². The molecule has 4 rings (SSSR count). The van der Waals surface area contributed by atoms with Gasteiger partial charge >= 0.3 is 0 Å². The van der Waals surface area contributed by atoms with Gasteiger partial charge in [0.05, 0.1) is 12.5 Å². The topological polar surface area (TPSA) is 52.7 Å². The number of carbonyl (C=O) groups is 2. The summed E-state index contributed by atoms with van der Waals surface area (Å²) in [4.78, 5) is 29.8. The molecule has 2 heterocycles. The molecule has 154 valence electrons. The second kappa shape index (κ2) is 9.40. The molecular formula is C24H31N3O2. The maximum absolute atomic E-state index is 13.0. The largest absolute Gasteiger partial charge is 0.353 e. The van der Waals surface area contributed by atoms with Gasteiger partial charge in [0.1, 0.15) is 0 Å². The van der Waals surface area contributed by atoms with Crippen molar-refractivity contribution in [2.45, 2.75) is 51.1 Å². The summed E-state index contributed by atoms with van der Waals surface area (Å²) in [6, 6.07) is 14.3. The molecule has 0 bridgehead atoms. The molecule has 5 heteroatoms. The number of hydrogen-bond donors (Lipinski definition) is 1. The fourth-order valence-electron chi connectivity index (χ4n) is 4.61. The first-order valence-corrected chi connectivity index (χ1v) is 11.0. The molecule has 2 amide bonds. The lowest BCUT2D eigenvalue weighted by atomic mass is 10.0. The van der Waals surface area contributed by atoms with E-state index >= 15 is 0 Å².